The highest BCUT2D eigenvalue weighted by Crippen LogP contribution is 2.36. The highest BCUT2D eigenvalue weighted by Gasteiger charge is 2.28. The van der Waals surface area contributed by atoms with Gasteiger partial charge < -0.3 is 15.4 Å². The molecule has 1 atom stereocenters. The number of fused-ring (bicyclic) bond motifs is 1. The van der Waals surface area contributed by atoms with Crippen LogP contribution in [-0.2, 0) is 16.2 Å². The standard InChI is InChI=1S/C23H19FN2O3S/c24-16-6-4-8-18(12-16)29-14-15-5-3-7-17(11-15)25-22(27)13-21-23(28)26-19-9-1-2-10-20(19)30-21/h1-12,21H,13-14H2,(H,25,27)(H,26,28). The maximum Gasteiger partial charge on any atom is 0.238 e. The van der Waals surface area contributed by atoms with Crippen LogP contribution in [0.15, 0.2) is 77.7 Å². The Hall–Kier alpha value is -3.32. The first-order valence-corrected chi connectivity index (χ1v) is 10.3. The van der Waals surface area contributed by atoms with Gasteiger partial charge in [0.2, 0.25) is 11.8 Å². The average Bonchev–Trinajstić information content (AvgIpc) is 2.73. The van der Waals surface area contributed by atoms with Crippen molar-refractivity contribution in [2.24, 2.45) is 0 Å². The molecule has 0 aromatic heterocycles. The number of para-hydroxylation sites is 1. The minimum atomic E-state index is -0.487. The van der Waals surface area contributed by atoms with Gasteiger partial charge in [-0.1, -0.05) is 30.3 Å². The van der Waals surface area contributed by atoms with E-state index >= 15 is 0 Å². The Morgan fingerprint density at radius 3 is 2.77 bits per heavy atom. The maximum absolute atomic E-state index is 13.2. The summed E-state index contributed by atoms with van der Waals surface area (Å²) in [7, 11) is 0. The van der Waals surface area contributed by atoms with Gasteiger partial charge in [-0.3, -0.25) is 9.59 Å². The van der Waals surface area contributed by atoms with Crippen LogP contribution in [0.2, 0.25) is 0 Å². The third-order valence-electron chi connectivity index (χ3n) is 4.49. The van der Waals surface area contributed by atoms with E-state index in [-0.39, 0.29) is 30.7 Å². The molecule has 1 unspecified atom stereocenters. The van der Waals surface area contributed by atoms with Gasteiger partial charge in [0.1, 0.15) is 18.2 Å². The van der Waals surface area contributed by atoms with Gasteiger partial charge in [0, 0.05) is 23.1 Å². The molecule has 3 aromatic rings. The van der Waals surface area contributed by atoms with E-state index in [4.69, 9.17) is 4.74 Å². The SMILES string of the molecule is O=C(CC1Sc2ccccc2NC1=O)Nc1cccc(COc2cccc(F)c2)c1. The number of ether oxygens (including phenoxy) is 1. The molecule has 7 heteroatoms. The second kappa shape index (κ2) is 9.00. The van der Waals surface area contributed by atoms with Gasteiger partial charge in [-0.25, -0.2) is 4.39 Å². The fourth-order valence-corrected chi connectivity index (χ4v) is 4.18. The van der Waals surface area contributed by atoms with E-state index in [0.29, 0.717) is 11.4 Å². The summed E-state index contributed by atoms with van der Waals surface area (Å²) in [5, 5.41) is 5.19. The first-order valence-electron chi connectivity index (χ1n) is 9.40. The summed E-state index contributed by atoms with van der Waals surface area (Å²) in [6.07, 6.45) is 0.0643. The fraction of sp³-hybridized carbons (Fsp3) is 0.130. The zero-order valence-corrected chi connectivity index (χ0v) is 16.7. The Kier molecular flexibility index (Phi) is 5.99. The van der Waals surface area contributed by atoms with Crippen molar-refractivity contribution in [2.75, 3.05) is 10.6 Å². The van der Waals surface area contributed by atoms with Gasteiger partial charge in [0.05, 0.1) is 10.9 Å². The molecule has 152 valence electrons. The second-order valence-corrected chi connectivity index (χ2v) is 8.04. The number of rotatable bonds is 6. The van der Waals surface area contributed by atoms with Crippen LogP contribution >= 0.6 is 11.8 Å². The molecule has 2 amide bonds. The molecule has 0 aliphatic carbocycles. The molecule has 1 aliphatic rings. The van der Waals surface area contributed by atoms with Gasteiger partial charge in [-0.2, -0.15) is 0 Å². The molecule has 0 fully saturated rings. The van der Waals surface area contributed by atoms with Gasteiger partial charge in [-0.15, -0.1) is 11.8 Å². The number of thioether (sulfide) groups is 1. The molecule has 1 aliphatic heterocycles. The van der Waals surface area contributed by atoms with E-state index in [1.807, 2.05) is 30.3 Å². The predicted octanol–water partition coefficient (Wildman–Crippen LogP) is 4.85. The van der Waals surface area contributed by atoms with Crippen molar-refractivity contribution in [3.05, 3.63) is 84.2 Å². The zero-order chi connectivity index (χ0) is 20.9. The molecule has 0 spiro atoms. The number of carbonyl (C=O) groups is 2. The van der Waals surface area contributed by atoms with Crippen LogP contribution in [0.3, 0.4) is 0 Å². The third kappa shape index (κ3) is 4.99. The molecule has 1 heterocycles. The molecule has 4 rings (SSSR count). The highest BCUT2D eigenvalue weighted by molar-refractivity contribution is 8.01. The van der Waals surface area contributed by atoms with E-state index < -0.39 is 5.25 Å². The number of nitrogens with one attached hydrogen (secondary N) is 2. The van der Waals surface area contributed by atoms with E-state index in [0.717, 1.165) is 16.1 Å². The van der Waals surface area contributed by atoms with Crippen LogP contribution in [0.4, 0.5) is 15.8 Å². The Morgan fingerprint density at radius 2 is 1.90 bits per heavy atom. The summed E-state index contributed by atoms with van der Waals surface area (Å²) >= 11 is 1.39. The Morgan fingerprint density at radius 1 is 1.07 bits per heavy atom. The number of carbonyl (C=O) groups excluding carboxylic acids is 2. The number of anilines is 2. The smallest absolute Gasteiger partial charge is 0.238 e. The molecule has 0 radical (unpaired) electrons. The molecule has 0 bridgehead atoms. The summed E-state index contributed by atoms with van der Waals surface area (Å²) in [4.78, 5) is 25.7. The average molecular weight is 422 g/mol. The van der Waals surface area contributed by atoms with Crippen molar-refractivity contribution in [1.29, 1.82) is 0 Å². The monoisotopic (exact) mass is 422 g/mol. The molecule has 30 heavy (non-hydrogen) atoms. The van der Waals surface area contributed by atoms with Gasteiger partial charge in [-0.05, 0) is 42.0 Å². The number of hydrogen-bond donors (Lipinski definition) is 2. The number of amides is 2. The maximum atomic E-state index is 13.2. The number of benzene rings is 3. The summed E-state index contributed by atoms with van der Waals surface area (Å²) in [5.74, 6) is -0.345. The second-order valence-electron chi connectivity index (χ2n) is 6.79. The van der Waals surface area contributed by atoms with Crippen molar-refractivity contribution in [3.8, 4) is 5.75 Å². The van der Waals surface area contributed by atoms with E-state index in [1.165, 1.54) is 23.9 Å². The van der Waals surface area contributed by atoms with Gasteiger partial charge >= 0.3 is 0 Å². The highest BCUT2D eigenvalue weighted by atomic mass is 32.2. The zero-order valence-electron chi connectivity index (χ0n) is 15.9. The first kappa shape index (κ1) is 20.0. The van der Waals surface area contributed by atoms with Crippen LogP contribution in [0.5, 0.6) is 5.75 Å². The largest absolute Gasteiger partial charge is 0.489 e. The van der Waals surface area contributed by atoms with Crippen LogP contribution in [-0.4, -0.2) is 17.1 Å². The predicted molar refractivity (Wildman–Crippen MR) is 115 cm³/mol. The van der Waals surface area contributed by atoms with E-state index in [1.54, 1.807) is 30.3 Å². The topological polar surface area (TPSA) is 67.4 Å². The van der Waals surface area contributed by atoms with Crippen LogP contribution in [0.25, 0.3) is 0 Å². The Balaban J connectivity index is 1.34. The van der Waals surface area contributed by atoms with Crippen molar-refractivity contribution in [3.63, 3.8) is 0 Å². The number of hydrogen-bond acceptors (Lipinski definition) is 4. The lowest BCUT2D eigenvalue weighted by atomic mass is 10.2. The molecule has 2 N–H and O–H groups in total. The van der Waals surface area contributed by atoms with Crippen molar-refractivity contribution in [2.45, 2.75) is 23.2 Å². The van der Waals surface area contributed by atoms with Gasteiger partial charge in [0.25, 0.3) is 0 Å². The summed E-state index contributed by atoms with van der Waals surface area (Å²) < 4.78 is 18.8. The normalized spacial score (nSPS) is 15.1. The molecule has 3 aromatic carbocycles. The minimum Gasteiger partial charge on any atom is -0.489 e. The lowest BCUT2D eigenvalue weighted by Gasteiger charge is -2.23. The van der Waals surface area contributed by atoms with Crippen LogP contribution in [0.1, 0.15) is 12.0 Å². The summed E-state index contributed by atoms with van der Waals surface area (Å²) in [5.41, 5.74) is 2.22. The summed E-state index contributed by atoms with van der Waals surface area (Å²) in [6, 6.07) is 20.7. The lowest BCUT2D eigenvalue weighted by molar-refractivity contribution is -0.120. The first-order chi connectivity index (χ1) is 14.6. The van der Waals surface area contributed by atoms with Crippen molar-refractivity contribution in [1.82, 2.24) is 0 Å². The minimum absolute atomic E-state index is 0.0643. The molecular formula is C23H19FN2O3S. The van der Waals surface area contributed by atoms with Crippen LogP contribution < -0.4 is 15.4 Å². The van der Waals surface area contributed by atoms with Gasteiger partial charge in [0.15, 0.2) is 0 Å². The summed E-state index contributed by atoms with van der Waals surface area (Å²) in [6.45, 7) is 0.241. The fourth-order valence-electron chi connectivity index (χ4n) is 3.07. The van der Waals surface area contributed by atoms with Crippen molar-refractivity contribution < 1.29 is 18.7 Å². The molecule has 0 saturated heterocycles. The van der Waals surface area contributed by atoms with Crippen molar-refractivity contribution >= 4 is 35.0 Å². The number of halogens is 1. The van der Waals surface area contributed by atoms with Crippen LogP contribution in [0, 0.1) is 5.82 Å². The Bertz CT molecular complexity index is 1090. The van der Waals surface area contributed by atoms with E-state index in [2.05, 4.69) is 10.6 Å². The Labute approximate surface area is 177 Å². The van der Waals surface area contributed by atoms with E-state index in [9.17, 15) is 14.0 Å². The molecule has 5 nitrogen and oxygen atoms in total. The third-order valence-corrected chi connectivity index (χ3v) is 5.76. The quantitative estimate of drug-likeness (QED) is 0.596. The molecular weight excluding hydrogens is 403 g/mol. The lowest BCUT2D eigenvalue weighted by Crippen LogP contribution is -2.32. The molecule has 0 saturated carbocycles.